The van der Waals surface area contributed by atoms with E-state index in [1.165, 1.54) is 36.9 Å². The number of halogens is 1. The van der Waals surface area contributed by atoms with Gasteiger partial charge < -0.3 is 9.88 Å². The lowest BCUT2D eigenvalue weighted by molar-refractivity contribution is 0.0251. The van der Waals surface area contributed by atoms with E-state index in [1.807, 2.05) is 24.7 Å². The minimum absolute atomic E-state index is 0.580. The summed E-state index contributed by atoms with van der Waals surface area (Å²) in [6.07, 6.45) is 9.36. The second-order valence-electron chi connectivity index (χ2n) is 7.09. The summed E-state index contributed by atoms with van der Waals surface area (Å²) < 4.78 is 2.10. The second-order valence-corrected chi connectivity index (χ2v) is 7.53. The number of benzene rings is 1. The zero-order valence-electron chi connectivity index (χ0n) is 13.6. The van der Waals surface area contributed by atoms with E-state index in [-0.39, 0.29) is 0 Å². The van der Waals surface area contributed by atoms with E-state index in [1.54, 1.807) is 0 Å². The lowest BCUT2D eigenvalue weighted by Gasteiger charge is -2.55. The molecular weight excluding hydrogens is 306 g/mol. The van der Waals surface area contributed by atoms with Gasteiger partial charge >= 0.3 is 0 Å². The Morgan fingerprint density at radius 2 is 1.91 bits per heavy atom. The highest BCUT2D eigenvalue weighted by Crippen LogP contribution is 2.54. The third kappa shape index (κ3) is 2.81. The molecule has 0 radical (unpaired) electrons. The van der Waals surface area contributed by atoms with Gasteiger partial charge in [0, 0.05) is 36.8 Å². The monoisotopic (exact) mass is 329 g/mol. The summed E-state index contributed by atoms with van der Waals surface area (Å²) in [5.41, 5.74) is 2.69. The molecule has 1 aromatic carbocycles. The molecule has 0 bridgehead atoms. The van der Waals surface area contributed by atoms with Crippen molar-refractivity contribution in [1.29, 1.82) is 0 Å². The number of hydrogen-bond acceptors (Lipinski definition) is 2. The molecule has 4 heteroatoms. The van der Waals surface area contributed by atoms with Crippen LogP contribution in [0.25, 0.3) is 0 Å². The number of aromatic nitrogens is 2. The normalized spacial score (nSPS) is 29.8. The van der Waals surface area contributed by atoms with Crippen molar-refractivity contribution >= 4 is 11.6 Å². The number of imidazole rings is 1. The van der Waals surface area contributed by atoms with Crippen LogP contribution in [0.2, 0.25) is 5.02 Å². The highest BCUT2D eigenvalue weighted by Gasteiger charge is 2.50. The molecule has 2 saturated carbocycles. The minimum Gasteiger partial charge on any atom is -0.337 e. The van der Waals surface area contributed by atoms with Gasteiger partial charge in [-0.15, -0.1) is 0 Å². The van der Waals surface area contributed by atoms with Crippen molar-refractivity contribution in [3.63, 3.8) is 0 Å². The second kappa shape index (κ2) is 6.29. The van der Waals surface area contributed by atoms with E-state index < -0.39 is 0 Å². The lowest BCUT2D eigenvalue weighted by Crippen LogP contribution is -2.57. The van der Waals surface area contributed by atoms with Gasteiger partial charge in [-0.05, 0) is 42.4 Å². The predicted octanol–water partition coefficient (Wildman–Crippen LogP) is 4.14. The third-order valence-corrected chi connectivity index (χ3v) is 6.13. The first-order valence-electron chi connectivity index (χ1n) is 8.68. The largest absolute Gasteiger partial charge is 0.337 e. The zero-order chi connectivity index (χ0) is 15.8. The van der Waals surface area contributed by atoms with Gasteiger partial charge in [0.15, 0.2) is 0 Å². The fourth-order valence-electron chi connectivity index (χ4n) is 4.66. The summed E-state index contributed by atoms with van der Waals surface area (Å²) in [6.45, 7) is 0.897. The smallest absolute Gasteiger partial charge is 0.0945 e. The topological polar surface area (TPSA) is 29.9 Å². The fraction of sp³-hybridized carbons (Fsp3) is 0.526. The Morgan fingerprint density at radius 3 is 2.61 bits per heavy atom. The Labute approximate surface area is 143 Å². The van der Waals surface area contributed by atoms with E-state index in [4.69, 9.17) is 11.6 Å². The Bertz CT molecular complexity index is 664. The molecular formula is C19H24ClN3. The summed E-state index contributed by atoms with van der Waals surface area (Å²) in [7, 11) is 2.06. The molecule has 0 unspecified atom stereocenters. The first-order chi connectivity index (χ1) is 11.2. The highest BCUT2D eigenvalue weighted by atomic mass is 35.5. The standard InChI is InChI=1S/C19H24ClN3/c1-23-12-21-10-15(23)11-22-19-17-5-3-2-4-16(17)18(19)13-6-8-14(20)9-7-13/h6-10,12,16-19,22H,2-5,11H2,1H3/t16-,17-,18+,19+/m1/s1. The number of aryl methyl sites for hydroxylation is 1. The molecule has 3 nitrogen and oxygen atoms in total. The van der Waals surface area contributed by atoms with E-state index in [0.717, 1.165) is 23.4 Å². The fourth-order valence-corrected chi connectivity index (χ4v) is 4.79. The Kier molecular flexibility index (Phi) is 4.16. The van der Waals surface area contributed by atoms with Gasteiger partial charge in [0.2, 0.25) is 0 Å². The van der Waals surface area contributed by atoms with Gasteiger partial charge in [-0.25, -0.2) is 4.98 Å². The highest BCUT2D eigenvalue weighted by molar-refractivity contribution is 6.30. The Morgan fingerprint density at radius 1 is 1.17 bits per heavy atom. The molecule has 4 atom stereocenters. The molecule has 0 saturated heterocycles. The van der Waals surface area contributed by atoms with Crippen molar-refractivity contribution in [2.45, 2.75) is 44.2 Å². The predicted molar refractivity (Wildman–Crippen MR) is 93.5 cm³/mol. The van der Waals surface area contributed by atoms with Gasteiger partial charge in [0.1, 0.15) is 0 Å². The molecule has 1 N–H and O–H groups in total. The van der Waals surface area contributed by atoms with E-state index in [0.29, 0.717) is 12.0 Å². The SMILES string of the molecule is Cn1cncc1CN[C@H]1[C@@H]2CCCC[C@H]2[C@@H]1c1ccc(Cl)cc1. The number of nitrogens with zero attached hydrogens (tertiary/aromatic N) is 2. The van der Waals surface area contributed by atoms with Crippen LogP contribution >= 0.6 is 11.6 Å². The number of fused-ring (bicyclic) bond motifs is 1. The maximum Gasteiger partial charge on any atom is 0.0945 e. The van der Waals surface area contributed by atoms with Crippen molar-refractivity contribution < 1.29 is 0 Å². The van der Waals surface area contributed by atoms with Crippen LogP contribution in [0.3, 0.4) is 0 Å². The summed E-state index contributed by atoms with van der Waals surface area (Å²) in [4.78, 5) is 4.22. The molecule has 0 amide bonds. The average molecular weight is 330 g/mol. The number of hydrogen-bond donors (Lipinski definition) is 1. The van der Waals surface area contributed by atoms with Crippen LogP contribution in [-0.2, 0) is 13.6 Å². The van der Waals surface area contributed by atoms with Gasteiger partial charge in [-0.3, -0.25) is 0 Å². The van der Waals surface area contributed by atoms with Crippen molar-refractivity contribution in [1.82, 2.24) is 14.9 Å². The van der Waals surface area contributed by atoms with Gasteiger partial charge in [-0.1, -0.05) is 36.6 Å². The molecule has 2 aromatic rings. The van der Waals surface area contributed by atoms with E-state index in [2.05, 4.69) is 34.0 Å². The summed E-state index contributed by atoms with van der Waals surface area (Å²) >= 11 is 6.07. The van der Waals surface area contributed by atoms with Crippen LogP contribution in [0.4, 0.5) is 0 Å². The van der Waals surface area contributed by atoms with Crippen LogP contribution in [0, 0.1) is 11.8 Å². The Hall–Kier alpha value is -1.32. The minimum atomic E-state index is 0.580. The van der Waals surface area contributed by atoms with Crippen LogP contribution in [-0.4, -0.2) is 15.6 Å². The zero-order valence-corrected chi connectivity index (χ0v) is 14.3. The maximum absolute atomic E-state index is 6.07. The average Bonchev–Trinajstić information content (AvgIpc) is 2.96. The van der Waals surface area contributed by atoms with Gasteiger partial charge in [-0.2, -0.15) is 0 Å². The van der Waals surface area contributed by atoms with Crippen molar-refractivity contribution in [3.05, 3.63) is 53.1 Å². The number of nitrogens with one attached hydrogen (secondary N) is 1. The van der Waals surface area contributed by atoms with Crippen molar-refractivity contribution in [2.24, 2.45) is 18.9 Å². The van der Waals surface area contributed by atoms with Crippen LogP contribution in [0.5, 0.6) is 0 Å². The third-order valence-electron chi connectivity index (χ3n) is 5.87. The molecule has 122 valence electrons. The summed E-state index contributed by atoms with van der Waals surface area (Å²) in [5.74, 6) is 2.30. The molecule has 2 aliphatic rings. The van der Waals surface area contributed by atoms with Gasteiger partial charge in [0.05, 0.1) is 12.0 Å². The molecule has 23 heavy (non-hydrogen) atoms. The van der Waals surface area contributed by atoms with Gasteiger partial charge in [0.25, 0.3) is 0 Å². The Balaban J connectivity index is 1.52. The summed E-state index contributed by atoms with van der Waals surface area (Å²) in [6, 6.07) is 9.08. The van der Waals surface area contributed by atoms with Crippen molar-refractivity contribution in [3.8, 4) is 0 Å². The quantitative estimate of drug-likeness (QED) is 0.913. The lowest BCUT2D eigenvalue weighted by atomic mass is 9.53. The van der Waals surface area contributed by atoms with Crippen LogP contribution in [0.15, 0.2) is 36.8 Å². The maximum atomic E-state index is 6.07. The molecule has 0 aliphatic heterocycles. The van der Waals surface area contributed by atoms with Crippen LogP contribution < -0.4 is 5.32 Å². The molecule has 1 heterocycles. The summed E-state index contributed by atoms with van der Waals surface area (Å²) in [5, 5.41) is 4.66. The molecule has 4 rings (SSSR count). The molecule has 2 fully saturated rings. The van der Waals surface area contributed by atoms with E-state index in [9.17, 15) is 0 Å². The molecule has 2 aliphatic carbocycles. The first-order valence-corrected chi connectivity index (χ1v) is 9.06. The van der Waals surface area contributed by atoms with E-state index >= 15 is 0 Å². The molecule has 0 spiro atoms. The van der Waals surface area contributed by atoms with Crippen LogP contribution in [0.1, 0.15) is 42.9 Å². The number of rotatable bonds is 4. The van der Waals surface area contributed by atoms with Crippen molar-refractivity contribution in [2.75, 3.05) is 0 Å². The molecule has 1 aromatic heterocycles. The first kappa shape index (κ1) is 15.2.